The fourth-order valence-corrected chi connectivity index (χ4v) is 5.10. The zero-order valence-corrected chi connectivity index (χ0v) is 23.3. The molecule has 1 aliphatic heterocycles. The molecular formula is C30H38N4O5. The molecule has 1 fully saturated rings. The number of hydrogen-bond donors (Lipinski definition) is 1. The highest BCUT2D eigenvalue weighted by Gasteiger charge is 2.40. The van der Waals surface area contributed by atoms with Crippen molar-refractivity contribution in [3.63, 3.8) is 0 Å². The average molecular weight is 535 g/mol. The Bertz CT molecular complexity index is 1190. The van der Waals surface area contributed by atoms with Gasteiger partial charge in [-0.05, 0) is 49.4 Å². The van der Waals surface area contributed by atoms with E-state index >= 15 is 0 Å². The summed E-state index contributed by atoms with van der Waals surface area (Å²) in [5.74, 6) is -0.467. The van der Waals surface area contributed by atoms with Crippen LogP contribution in [0.5, 0.6) is 0 Å². The van der Waals surface area contributed by atoms with Gasteiger partial charge in [0, 0.05) is 32.3 Å². The van der Waals surface area contributed by atoms with Crippen molar-refractivity contribution in [1.29, 1.82) is 0 Å². The second kappa shape index (κ2) is 11.9. The number of carbonyl (C=O) groups excluding carboxylic acids is 3. The molecule has 1 heterocycles. The molecule has 1 N–H and O–H groups in total. The number of amides is 3. The van der Waals surface area contributed by atoms with Crippen molar-refractivity contribution in [2.24, 2.45) is 4.99 Å². The van der Waals surface area contributed by atoms with E-state index in [9.17, 15) is 14.4 Å². The smallest absolute Gasteiger partial charge is 0.410 e. The molecule has 2 atom stereocenters. The van der Waals surface area contributed by atoms with Crippen LogP contribution in [0.25, 0.3) is 11.1 Å². The first-order valence-electron chi connectivity index (χ1n) is 13.4. The molecule has 1 aliphatic carbocycles. The second-order valence-electron chi connectivity index (χ2n) is 10.9. The molecule has 3 amide bonds. The second-order valence-corrected chi connectivity index (χ2v) is 10.9. The molecule has 208 valence electrons. The van der Waals surface area contributed by atoms with Gasteiger partial charge in [0.1, 0.15) is 18.2 Å². The number of rotatable bonds is 6. The standard InChI is InChI=1S/C30H38N4O5/c1-6-20(17-31-5)32-27(35)26-18-33(28(36)39-30(2,3)4)15-16-34(26)29(37)38-19-25-23-13-9-7-11-21(23)22-12-8-10-14-24(22)25/h7-14,17,20,25-26H,6,15-16,18-19H2,1-5H3,(H,32,35)/t20-,26?/m0/s1. The minimum Gasteiger partial charge on any atom is -0.448 e. The van der Waals surface area contributed by atoms with E-state index in [4.69, 9.17) is 9.47 Å². The van der Waals surface area contributed by atoms with E-state index in [0.717, 1.165) is 22.3 Å². The van der Waals surface area contributed by atoms with Crippen LogP contribution in [0.1, 0.15) is 51.2 Å². The average Bonchev–Trinajstić information content (AvgIpc) is 3.23. The van der Waals surface area contributed by atoms with Crippen molar-refractivity contribution in [3.05, 3.63) is 59.7 Å². The first-order valence-corrected chi connectivity index (χ1v) is 13.4. The summed E-state index contributed by atoms with van der Waals surface area (Å²) in [6.45, 7) is 7.83. The Labute approximate surface area is 230 Å². The predicted octanol–water partition coefficient (Wildman–Crippen LogP) is 4.45. The van der Waals surface area contributed by atoms with Crippen molar-refractivity contribution < 1.29 is 23.9 Å². The third kappa shape index (κ3) is 6.41. The SMILES string of the molecule is CC[C@@H](C=NC)NC(=O)C1CN(C(=O)OC(C)(C)C)CCN1C(=O)OCC1c2ccccc2-c2ccccc21. The van der Waals surface area contributed by atoms with E-state index in [1.807, 2.05) is 31.2 Å². The van der Waals surface area contributed by atoms with E-state index in [2.05, 4.69) is 34.6 Å². The molecule has 2 aromatic carbocycles. The van der Waals surface area contributed by atoms with Gasteiger partial charge in [0.05, 0.1) is 12.6 Å². The number of nitrogens with one attached hydrogen (secondary N) is 1. The van der Waals surface area contributed by atoms with Crippen molar-refractivity contribution >= 4 is 24.3 Å². The summed E-state index contributed by atoms with van der Waals surface area (Å²) in [6.07, 6.45) is 1.19. The van der Waals surface area contributed by atoms with Gasteiger partial charge in [-0.3, -0.25) is 14.7 Å². The van der Waals surface area contributed by atoms with Gasteiger partial charge in [0.15, 0.2) is 0 Å². The first-order chi connectivity index (χ1) is 18.6. The topological polar surface area (TPSA) is 101 Å². The van der Waals surface area contributed by atoms with Gasteiger partial charge >= 0.3 is 12.2 Å². The van der Waals surface area contributed by atoms with Crippen LogP contribution >= 0.6 is 0 Å². The number of ether oxygens (including phenoxy) is 2. The quantitative estimate of drug-likeness (QED) is 0.552. The number of carbonyl (C=O) groups is 3. The van der Waals surface area contributed by atoms with Crippen LogP contribution in [-0.4, -0.2) is 85.1 Å². The molecule has 0 spiro atoms. The fraction of sp³-hybridized carbons (Fsp3) is 0.467. The summed E-state index contributed by atoms with van der Waals surface area (Å²) in [4.78, 5) is 46.5. The number of fused-ring (bicyclic) bond motifs is 3. The Morgan fingerprint density at radius 1 is 1.03 bits per heavy atom. The normalized spacial score (nSPS) is 17.9. The maximum absolute atomic E-state index is 13.4. The third-order valence-electron chi connectivity index (χ3n) is 7.00. The summed E-state index contributed by atoms with van der Waals surface area (Å²) in [5, 5.41) is 2.94. The maximum atomic E-state index is 13.4. The molecule has 1 saturated heterocycles. The lowest BCUT2D eigenvalue weighted by Crippen LogP contribution is -2.62. The summed E-state index contributed by atoms with van der Waals surface area (Å²) in [5.41, 5.74) is 3.82. The summed E-state index contributed by atoms with van der Waals surface area (Å²) < 4.78 is 11.4. The fourth-order valence-electron chi connectivity index (χ4n) is 5.10. The van der Waals surface area contributed by atoms with Crippen LogP contribution in [0, 0.1) is 0 Å². The molecule has 0 radical (unpaired) electrons. The Hall–Kier alpha value is -3.88. The first kappa shape index (κ1) is 28.1. The Balaban J connectivity index is 1.51. The highest BCUT2D eigenvalue weighted by Crippen LogP contribution is 2.44. The summed E-state index contributed by atoms with van der Waals surface area (Å²) >= 11 is 0. The molecule has 0 saturated carbocycles. The van der Waals surface area contributed by atoms with Crippen molar-refractivity contribution in [2.75, 3.05) is 33.3 Å². The summed E-state index contributed by atoms with van der Waals surface area (Å²) in [6, 6.07) is 15.0. The molecule has 4 rings (SSSR count). The number of nitrogens with zero attached hydrogens (tertiary/aromatic N) is 3. The van der Waals surface area contributed by atoms with Crippen LogP contribution in [0.4, 0.5) is 9.59 Å². The Morgan fingerprint density at radius 3 is 2.21 bits per heavy atom. The monoisotopic (exact) mass is 534 g/mol. The summed E-state index contributed by atoms with van der Waals surface area (Å²) in [7, 11) is 1.64. The Kier molecular flexibility index (Phi) is 8.57. The lowest BCUT2D eigenvalue weighted by Gasteiger charge is -2.40. The van der Waals surface area contributed by atoms with Crippen molar-refractivity contribution in [1.82, 2.24) is 15.1 Å². The van der Waals surface area contributed by atoms with E-state index in [1.54, 1.807) is 34.0 Å². The van der Waals surface area contributed by atoms with E-state index in [-0.39, 0.29) is 44.1 Å². The van der Waals surface area contributed by atoms with Crippen molar-refractivity contribution in [3.8, 4) is 11.1 Å². The van der Waals surface area contributed by atoms with Crippen LogP contribution < -0.4 is 5.32 Å². The molecule has 2 aliphatic rings. The van der Waals surface area contributed by atoms with Gasteiger partial charge in [-0.2, -0.15) is 0 Å². The van der Waals surface area contributed by atoms with Crippen LogP contribution in [-0.2, 0) is 14.3 Å². The van der Waals surface area contributed by atoms with Gasteiger partial charge in [0.25, 0.3) is 0 Å². The highest BCUT2D eigenvalue weighted by molar-refractivity contribution is 5.89. The number of benzene rings is 2. The van der Waals surface area contributed by atoms with E-state index in [1.165, 1.54) is 9.80 Å². The van der Waals surface area contributed by atoms with E-state index in [0.29, 0.717) is 6.42 Å². The Morgan fingerprint density at radius 2 is 1.64 bits per heavy atom. The van der Waals surface area contributed by atoms with Gasteiger partial charge in [-0.1, -0.05) is 55.5 Å². The molecule has 9 heteroatoms. The van der Waals surface area contributed by atoms with E-state index < -0.39 is 23.8 Å². The van der Waals surface area contributed by atoms with Gasteiger partial charge in [-0.15, -0.1) is 0 Å². The van der Waals surface area contributed by atoms with Gasteiger partial charge < -0.3 is 19.7 Å². The van der Waals surface area contributed by atoms with Gasteiger partial charge in [-0.25, -0.2) is 9.59 Å². The largest absolute Gasteiger partial charge is 0.448 e. The number of hydrogen-bond acceptors (Lipinski definition) is 6. The van der Waals surface area contributed by atoms with Crippen LogP contribution in [0.15, 0.2) is 53.5 Å². The molecular weight excluding hydrogens is 496 g/mol. The lowest BCUT2D eigenvalue weighted by molar-refractivity contribution is -0.128. The van der Waals surface area contributed by atoms with Crippen LogP contribution in [0.2, 0.25) is 0 Å². The highest BCUT2D eigenvalue weighted by atomic mass is 16.6. The molecule has 9 nitrogen and oxygen atoms in total. The molecule has 39 heavy (non-hydrogen) atoms. The molecule has 0 bridgehead atoms. The molecule has 0 aromatic heterocycles. The minimum atomic E-state index is -0.929. The molecule has 2 aromatic rings. The lowest BCUT2D eigenvalue weighted by atomic mass is 9.98. The molecule has 1 unspecified atom stereocenters. The van der Waals surface area contributed by atoms with Gasteiger partial charge in [0.2, 0.25) is 5.91 Å². The number of piperazine rings is 1. The minimum absolute atomic E-state index is 0.00461. The number of aliphatic imine (C=N–C) groups is 1. The zero-order valence-electron chi connectivity index (χ0n) is 23.3. The third-order valence-corrected chi connectivity index (χ3v) is 7.00. The van der Waals surface area contributed by atoms with Crippen LogP contribution in [0.3, 0.4) is 0 Å². The zero-order chi connectivity index (χ0) is 28.2. The predicted molar refractivity (Wildman–Crippen MR) is 150 cm³/mol. The van der Waals surface area contributed by atoms with Crippen molar-refractivity contribution in [2.45, 2.75) is 57.7 Å². The maximum Gasteiger partial charge on any atom is 0.410 e.